The Labute approximate surface area is 234 Å². The van der Waals surface area contributed by atoms with Crippen LogP contribution in [-0.2, 0) is 12.8 Å². The van der Waals surface area contributed by atoms with Gasteiger partial charge in [0.05, 0.1) is 11.2 Å². The molecule has 40 heavy (non-hydrogen) atoms. The average Bonchev–Trinajstić information content (AvgIpc) is 3.69. The van der Waals surface area contributed by atoms with E-state index in [4.69, 9.17) is 5.73 Å². The standard InChI is InChI=1S/C13H15N.C12H10N2.C10H12N2/c1-9-5-4-7-11-10-6-2-3-8-12(10)14-13(9)11;1-8-12-10(6-7-13-8)9-4-2-3-5-11(9)14-12;11-6-5-8-7-12-10-4-2-1-3-9(8)10/h2-3,6,8-9,14H,4-5,7H2,1H3;2-7,14H,1H3;1-4,7,12H,5-6,11H2. The van der Waals surface area contributed by atoms with Crippen LogP contribution >= 0.6 is 0 Å². The zero-order valence-electron chi connectivity index (χ0n) is 23.3. The van der Waals surface area contributed by atoms with E-state index < -0.39 is 0 Å². The van der Waals surface area contributed by atoms with Crippen molar-refractivity contribution in [2.45, 2.75) is 45.4 Å². The molecule has 0 radical (unpaired) electrons. The van der Waals surface area contributed by atoms with Gasteiger partial charge in [0.25, 0.3) is 0 Å². The fraction of sp³-hybridized carbons (Fsp3) is 0.229. The van der Waals surface area contributed by atoms with Crippen LogP contribution in [-0.4, -0.2) is 26.5 Å². The Morgan fingerprint density at radius 3 is 2.25 bits per heavy atom. The molecule has 4 heterocycles. The van der Waals surface area contributed by atoms with Gasteiger partial charge in [0.1, 0.15) is 0 Å². The molecule has 5 heteroatoms. The van der Waals surface area contributed by atoms with Crippen molar-refractivity contribution in [3.63, 3.8) is 0 Å². The van der Waals surface area contributed by atoms with Gasteiger partial charge < -0.3 is 20.7 Å². The van der Waals surface area contributed by atoms with Crippen molar-refractivity contribution >= 4 is 43.6 Å². The predicted molar refractivity (Wildman–Crippen MR) is 169 cm³/mol. The van der Waals surface area contributed by atoms with E-state index in [0.717, 1.165) is 17.6 Å². The summed E-state index contributed by atoms with van der Waals surface area (Å²) >= 11 is 0. The number of para-hydroxylation sites is 3. The fourth-order valence-corrected chi connectivity index (χ4v) is 6.04. The van der Waals surface area contributed by atoms with E-state index in [1.54, 1.807) is 5.56 Å². The molecule has 0 fully saturated rings. The number of aromatic amines is 3. The van der Waals surface area contributed by atoms with Crippen LogP contribution in [0, 0.1) is 6.92 Å². The summed E-state index contributed by atoms with van der Waals surface area (Å²) in [5.41, 5.74) is 15.7. The zero-order chi connectivity index (χ0) is 27.5. The summed E-state index contributed by atoms with van der Waals surface area (Å²) in [7, 11) is 0. The number of H-pyrrole nitrogens is 3. The Balaban J connectivity index is 0.000000109. The van der Waals surface area contributed by atoms with Gasteiger partial charge in [-0.25, -0.2) is 0 Å². The molecule has 8 rings (SSSR count). The Hall–Kier alpha value is -4.35. The van der Waals surface area contributed by atoms with Gasteiger partial charge in [0, 0.05) is 56.2 Å². The number of hydrogen-bond acceptors (Lipinski definition) is 2. The van der Waals surface area contributed by atoms with E-state index in [1.807, 2.05) is 31.5 Å². The van der Waals surface area contributed by atoms with E-state index in [0.29, 0.717) is 12.5 Å². The van der Waals surface area contributed by atoms with Gasteiger partial charge in [-0.05, 0) is 80.5 Å². The third kappa shape index (κ3) is 5.01. The van der Waals surface area contributed by atoms with Crippen molar-refractivity contribution in [1.82, 2.24) is 19.9 Å². The number of fused-ring (bicyclic) bond motifs is 7. The Morgan fingerprint density at radius 1 is 0.800 bits per heavy atom. The maximum absolute atomic E-state index is 5.50. The number of aryl methyl sites for hydroxylation is 2. The van der Waals surface area contributed by atoms with Gasteiger partial charge in [-0.15, -0.1) is 0 Å². The Kier molecular flexibility index (Phi) is 7.39. The van der Waals surface area contributed by atoms with Crippen LogP contribution in [0.2, 0.25) is 0 Å². The lowest BCUT2D eigenvalue weighted by Gasteiger charge is -2.18. The lowest BCUT2D eigenvalue weighted by Crippen LogP contribution is -2.05. The number of hydrogen-bond donors (Lipinski definition) is 4. The van der Waals surface area contributed by atoms with E-state index >= 15 is 0 Å². The number of pyridine rings is 1. The summed E-state index contributed by atoms with van der Waals surface area (Å²) in [6.07, 6.45) is 8.78. The SMILES string of the molecule is CC1CCCc2c1[nH]c1ccccc21.Cc1nccc2c1[nH]c1ccccc12.NCCc1c[nH]c2ccccc12. The highest BCUT2D eigenvalue weighted by atomic mass is 14.8. The molecular formula is C35H37N5. The molecule has 1 unspecified atom stereocenters. The molecule has 5 nitrogen and oxygen atoms in total. The second-order valence-corrected chi connectivity index (χ2v) is 10.7. The quantitative estimate of drug-likeness (QED) is 0.182. The van der Waals surface area contributed by atoms with Crippen LogP contribution in [0.3, 0.4) is 0 Å². The number of aromatic nitrogens is 4. The van der Waals surface area contributed by atoms with Crippen LogP contribution in [0.4, 0.5) is 0 Å². The monoisotopic (exact) mass is 527 g/mol. The molecule has 0 amide bonds. The minimum absolute atomic E-state index is 0.710. The van der Waals surface area contributed by atoms with Crippen LogP contribution in [0.15, 0.2) is 91.3 Å². The van der Waals surface area contributed by atoms with Crippen molar-refractivity contribution in [1.29, 1.82) is 0 Å². The summed E-state index contributed by atoms with van der Waals surface area (Å²) in [6, 6.07) is 27.3. The first-order valence-corrected chi connectivity index (χ1v) is 14.3. The smallest absolute Gasteiger partial charge is 0.0681 e. The first-order chi connectivity index (χ1) is 19.6. The van der Waals surface area contributed by atoms with E-state index in [2.05, 4.69) is 93.6 Å². The Bertz CT molecular complexity index is 1890. The lowest BCUT2D eigenvalue weighted by atomic mass is 9.88. The average molecular weight is 528 g/mol. The molecule has 202 valence electrons. The van der Waals surface area contributed by atoms with E-state index in [-0.39, 0.29) is 0 Å². The van der Waals surface area contributed by atoms with Crippen molar-refractivity contribution < 1.29 is 0 Å². The highest BCUT2D eigenvalue weighted by Crippen LogP contribution is 2.35. The molecule has 7 aromatic rings. The van der Waals surface area contributed by atoms with E-state index in [1.165, 1.54) is 68.6 Å². The number of rotatable bonds is 2. The molecular weight excluding hydrogens is 490 g/mol. The van der Waals surface area contributed by atoms with Crippen molar-refractivity contribution in [2.75, 3.05) is 6.54 Å². The van der Waals surface area contributed by atoms with Gasteiger partial charge >= 0.3 is 0 Å². The maximum Gasteiger partial charge on any atom is 0.0681 e. The molecule has 0 saturated heterocycles. The van der Waals surface area contributed by atoms with Gasteiger partial charge in [-0.3, -0.25) is 4.98 Å². The molecule has 4 aromatic heterocycles. The van der Waals surface area contributed by atoms with Crippen LogP contribution in [0.25, 0.3) is 43.6 Å². The van der Waals surface area contributed by atoms with E-state index in [9.17, 15) is 0 Å². The second-order valence-electron chi connectivity index (χ2n) is 10.7. The molecule has 1 atom stereocenters. The topological polar surface area (TPSA) is 86.3 Å². The number of nitrogens with two attached hydrogens (primary N) is 1. The van der Waals surface area contributed by atoms with Crippen molar-refractivity contribution in [2.24, 2.45) is 5.73 Å². The van der Waals surface area contributed by atoms with Crippen molar-refractivity contribution in [3.05, 3.63) is 114 Å². The molecule has 1 aliphatic carbocycles. The normalized spacial score (nSPS) is 14.5. The summed E-state index contributed by atoms with van der Waals surface area (Å²) in [6.45, 7) is 5.06. The molecule has 1 aliphatic rings. The highest BCUT2D eigenvalue weighted by Gasteiger charge is 2.20. The summed E-state index contributed by atoms with van der Waals surface area (Å²) in [5.74, 6) is 0.714. The minimum atomic E-state index is 0.710. The summed E-state index contributed by atoms with van der Waals surface area (Å²) in [4.78, 5) is 14.4. The van der Waals surface area contributed by atoms with Gasteiger partial charge in [0.2, 0.25) is 0 Å². The summed E-state index contributed by atoms with van der Waals surface area (Å²) in [5, 5.41) is 5.26. The fourth-order valence-electron chi connectivity index (χ4n) is 6.04. The number of nitrogens with one attached hydrogen (secondary N) is 3. The first kappa shape index (κ1) is 25.9. The van der Waals surface area contributed by atoms with Crippen LogP contribution < -0.4 is 5.73 Å². The molecule has 3 aromatic carbocycles. The minimum Gasteiger partial charge on any atom is -0.361 e. The molecule has 0 spiro atoms. The molecule has 5 N–H and O–H groups in total. The number of benzene rings is 3. The largest absolute Gasteiger partial charge is 0.361 e. The summed E-state index contributed by atoms with van der Waals surface area (Å²) < 4.78 is 0. The van der Waals surface area contributed by atoms with Crippen LogP contribution in [0.5, 0.6) is 0 Å². The lowest BCUT2D eigenvalue weighted by molar-refractivity contribution is 0.582. The molecule has 0 bridgehead atoms. The molecule has 0 saturated carbocycles. The predicted octanol–water partition coefficient (Wildman–Crippen LogP) is 8.30. The van der Waals surface area contributed by atoms with Crippen molar-refractivity contribution in [3.8, 4) is 0 Å². The first-order valence-electron chi connectivity index (χ1n) is 14.3. The second kappa shape index (κ2) is 11.4. The highest BCUT2D eigenvalue weighted by molar-refractivity contribution is 6.07. The van der Waals surface area contributed by atoms with Gasteiger partial charge in [0.15, 0.2) is 0 Å². The number of nitrogens with zero attached hydrogens (tertiary/aromatic N) is 1. The molecule has 0 aliphatic heterocycles. The third-order valence-corrected chi connectivity index (χ3v) is 8.11. The van der Waals surface area contributed by atoms with Gasteiger partial charge in [-0.1, -0.05) is 61.5 Å². The third-order valence-electron chi connectivity index (χ3n) is 8.11. The van der Waals surface area contributed by atoms with Crippen LogP contribution in [0.1, 0.15) is 48.2 Å². The maximum atomic E-state index is 5.50. The Morgan fingerprint density at radius 2 is 1.48 bits per heavy atom. The zero-order valence-corrected chi connectivity index (χ0v) is 23.3. The van der Waals surface area contributed by atoms with Gasteiger partial charge in [-0.2, -0.15) is 0 Å².